The Morgan fingerprint density at radius 2 is 1.81 bits per heavy atom. The van der Waals surface area contributed by atoms with Crippen LogP contribution in [0.3, 0.4) is 0 Å². The van der Waals surface area contributed by atoms with Crippen LogP contribution in [0, 0.1) is 5.82 Å². The van der Waals surface area contributed by atoms with Gasteiger partial charge in [0.1, 0.15) is 5.82 Å². The van der Waals surface area contributed by atoms with Gasteiger partial charge >= 0.3 is 0 Å². The predicted octanol–water partition coefficient (Wildman–Crippen LogP) is 3.70. The lowest BCUT2D eigenvalue weighted by atomic mass is 9.91. The molecule has 0 spiro atoms. The molecular weight excluding hydrogens is 363 g/mol. The van der Waals surface area contributed by atoms with Gasteiger partial charge in [0, 0.05) is 18.9 Å². The lowest BCUT2D eigenvalue weighted by molar-refractivity contribution is 0.343. The monoisotopic (exact) mass is 382 g/mol. The molecule has 0 N–H and O–H groups in total. The molecule has 1 aromatic heterocycles. The molecule has 27 heavy (non-hydrogen) atoms. The lowest BCUT2D eigenvalue weighted by Crippen LogP contribution is -2.41. The molecule has 4 rings (SSSR count). The van der Waals surface area contributed by atoms with Crippen LogP contribution in [0.1, 0.15) is 28.3 Å². The van der Waals surface area contributed by atoms with Gasteiger partial charge in [0.2, 0.25) is 10.0 Å². The Kier molecular flexibility index (Phi) is 4.76. The van der Waals surface area contributed by atoms with Crippen molar-refractivity contribution < 1.29 is 12.8 Å². The summed E-state index contributed by atoms with van der Waals surface area (Å²) in [6.07, 6.45) is 4.05. The van der Waals surface area contributed by atoms with E-state index in [1.807, 2.05) is 36.4 Å². The van der Waals surface area contributed by atoms with E-state index in [0.29, 0.717) is 18.5 Å². The second kappa shape index (κ2) is 7.21. The van der Waals surface area contributed by atoms with Crippen LogP contribution in [0.25, 0.3) is 0 Å². The minimum Gasteiger partial charge on any atom is -0.264 e. The maximum absolute atomic E-state index is 13.2. The Balaban J connectivity index is 1.75. The molecule has 0 saturated carbocycles. The third-order valence-corrected chi connectivity index (χ3v) is 6.67. The van der Waals surface area contributed by atoms with E-state index in [4.69, 9.17) is 0 Å². The number of benzene rings is 2. The van der Waals surface area contributed by atoms with Gasteiger partial charge < -0.3 is 0 Å². The number of hydrogen-bond donors (Lipinski definition) is 0. The molecule has 0 bridgehead atoms. The first-order valence-electron chi connectivity index (χ1n) is 8.76. The Morgan fingerprint density at radius 3 is 2.56 bits per heavy atom. The molecule has 2 aromatic carbocycles. The molecule has 0 radical (unpaired) electrons. The zero-order valence-electron chi connectivity index (χ0n) is 14.6. The molecule has 0 amide bonds. The minimum atomic E-state index is -3.61. The zero-order valence-corrected chi connectivity index (χ0v) is 15.4. The van der Waals surface area contributed by atoms with Gasteiger partial charge in [-0.15, -0.1) is 0 Å². The second-order valence-corrected chi connectivity index (χ2v) is 8.55. The summed E-state index contributed by atoms with van der Waals surface area (Å²) < 4.78 is 41.2. The van der Waals surface area contributed by atoms with Gasteiger partial charge in [-0.25, -0.2) is 12.8 Å². The summed E-state index contributed by atoms with van der Waals surface area (Å²) in [6, 6.07) is 16.8. The number of halogens is 1. The fraction of sp³-hybridized carbons (Fsp3) is 0.190. The highest BCUT2D eigenvalue weighted by Crippen LogP contribution is 2.37. The van der Waals surface area contributed by atoms with Gasteiger partial charge in [0.05, 0.1) is 11.8 Å². The topological polar surface area (TPSA) is 50.3 Å². The van der Waals surface area contributed by atoms with Crippen molar-refractivity contribution in [1.82, 2.24) is 9.29 Å². The zero-order chi connectivity index (χ0) is 18.9. The van der Waals surface area contributed by atoms with Crippen molar-refractivity contribution in [2.75, 3.05) is 6.54 Å². The van der Waals surface area contributed by atoms with Crippen molar-refractivity contribution in [3.8, 4) is 0 Å². The third-order valence-electron chi connectivity index (χ3n) is 4.86. The van der Waals surface area contributed by atoms with Crippen LogP contribution in [0.4, 0.5) is 4.39 Å². The number of pyridine rings is 1. The van der Waals surface area contributed by atoms with Gasteiger partial charge in [-0.05, 0) is 46.9 Å². The molecule has 4 nitrogen and oxygen atoms in total. The standard InChI is InChI=1S/C21H19FN2O2S/c22-19-9-7-16(8-10-19)15-27(25,26)24-13-11-17-4-1-2-6-20(17)21(24)18-5-3-12-23-14-18/h1-10,12,14,21H,11,13,15H2. The normalized spacial score (nSPS) is 17.4. The number of hydrogen-bond acceptors (Lipinski definition) is 3. The highest BCUT2D eigenvalue weighted by Gasteiger charge is 2.36. The molecule has 2 heterocycles. The molecule has 6 heteroatoms. The van der Waals surface area contributed by atoms with E-state index < -0.39 is 16.1 Å². The van der Waals surface area contributed by atoms with E-state index in [-0.39, 0.29) is 11.6 Å². The second-order valence-electron chi connectivity index (χ2n) is 6.63. The van der Waals surface area contributed by atoms with Crippen LogP contribution in [-0.2, 0) is 22.2 Å². The Bertz CT molecular complexity index is 1040. The quantitative estimate of drug-likeness (QED) is 0.691. The molecule has 1 atom stereocenters. The predicted molar refractivity (Wildman–Crippen MR) is 102 cm³/mol. The smallest absolute Gasteiger partial charge is 0.219 e. The first-order valence-corrected chi connectivity index (χ1v) is 10.4. The lowest BCUT2D eigenvalue weighted by Gasteiger charge is -2.36. The van der Waals surface area contributed by atoms with Crippen molar-refractivity contribution in [2.45, 2.75) is 18.2 Å². The Morgan fingerprint density at radius 1 is 1.04 bits per heavy atom. The van der Waals surface area contributed by atoms with Crippen LogP contribution < -0.4 is 0 Å². The van der Waals surface area contributed by atoms with E-state index in [0.717, 1.165) is 16.7 Å². The molecule has 1 aliphatic rings. The summed E-state index contributed by atoms with van der Waals surface area (Å²) in [5.74, 6) is -0.539. The van der Waals surface area contributed by atoms with Gasteiger partial charge in [-0.1, -0.05) is 42.5 Å². The van der Waals surface area contributed by atoms with Crippen molar-refractivity contribution in [3.05, 3.63) is 101 Å². The maximum Gasteiger partial charge on any atom is 0.219 e. The van der Waals surface area contributed by atoms with Gasteiger partial charge in [-0.2, -0.15) is 4.31 Å². The van der Waals surface area contributed by atoms with Crippen molar-refractivity contribution >= 4 is 10.0 Å². The van der Waals surface area contributed by atoms with Crippen LogP contribution in [0.5, 0.6) is 0 Å². The minimum absolute atomic E-state index is 0.161. The summed E-state index contributed by atoms with van der Waals surface area (Å²) >= 11 is 0. The average Bonchev–Trinajstić information content (AvgIpc) is 2.69. The summed E-state index contributed by atoms with van der Waals surface area (Å²) in [6.45, 7) is 0.403. The summed E-state index contributed by atoms with van der Waals surface area (Å²) in [4.78, 5) is 4.18. The van der Waals surface area contributed by atoms with Crippen LogP contribution in [-0.4, -0.2) is 24.3 Å². The average molecular weight is 382 g/mol. The highest BCUT2D eigenvalue weighted by atomic mass is 32.2. The molecule has 0 aliphatic carbocycles. The van der Waals surface area contributed by atoms with Crippen LogP contribution >= 0.6 is 0 Å². The van der Waals surface area contributed by atoms with E-state index in [1.54, 1.807) is 16.7 Å². The molecule has 3 aromatic rings. The molecule has 1 aliphatic heterocycles. The van der Waals surface area contributed by atoms with Gasteiger partial charge in [0.25, 0.3) is 0 Å². The maximum atomic E-state index is 13.2. The molecule has 0 saturated heterocycles. The van der Waals surface area contributed by atoms with Crippen molar-refractivity contribution in [3.63, 3.8) is 0 Å². The van der Waals surface area contributed by atoms with Gasteiger partial charge in [-0.3, -0.25) is 4.98 Å². The first kappa shape index (κ1) is 17.8. The molecular formula is C21H19FN2O2S. The largest absolute Gasteiger partial charge is 0.264 e. The fourth-order valence-electron chi connectivity index (χ4n) is 3.60. The number of rotatable bonds is 4. The summed E-state index contributed by atoms with van der Waals surface area (Å²) in [5.41, 5.74) is 3.55. The number of fused-ring (bicyclic) bond motifs is 1. The summed E-state index contributed by atoms with van der Waals surface area (Å²) in [7, 11) is -3.61. The number of aromatic nitrogens is 1. The highest BCUT2D eigenvalue weighted by molar-refractivity contribution is 7.88. The fourth-order valence-corrected chi connectivity index (χ4v) is 5.31. The van der Waals surface area contributed by atoms with E-state index >= 15 is 0 Å². The van der Waals surface area contributed by atoms with Crippen LogP contribution in [0.15, 0.2) is 73.1 Å². The first-order chi connectivity index (χ1) is 13.0. The molecule has 0 fully saturated rings. The number of sulfonamides is 1. The Hall–Kier alpha value is -2.57. The van der Waals surface area contributed by atoms with Gasteiger partial charge in [0.15, 0.2) is 0 Å². The molecule has 138 valence electrons. The SMILES string of the molecule is O=S(=O)(Cc1ccc(F)cc1)N1CCc2ccccc2C1c1cccnc1. The Labute approximate surface area is 158 Å². The van der Waals surface area contributed by atoms with E-state index in [2.05, 4.69) is 4.98 Å². The summed E-state index contributed by atoms with van der Waals surface area (Å²) in [5, 5.41) is 0. The van der Waals surface area contributed by atoms with E-state index in [9.17, 15) is 12.8 Å². The van der Waals surface area contributed by atoms with Crippen LogP contribution in [0.2, 0.25) is 0 Å². The van der Waals surface area contributed by atoms with Crippen molar-refractivity contribution in [1.29, 1.82) is 0 Å². The number of nitrogens with zero attached hydrogens (tertiary/aromatic N) is 2. The van der Waals surface area contributed by atoms with Crippen molar-refractivity contribution in [2.24, 2.45) is 0 Å². The third kappa shape index (κ3) is 3.63. The van der Waals surface area contributed by atoms with E-state index in [1.165, 1.54) is 24.3 Å². The molecule has 1 unspecified atom stereocenters.